The Kier molecular flexibility index (Phi) is 4.32. The highest BCUT2D eigenvalue weighted by Gasteiger charge is 2.17. The maximum atomic E-state index is 13.2. The molecule has 0 amide bonds. The van der Waals surface area contributed by atoms with Gasteiger partial charge in [0.25, 0.3) is 5.69 Å². The highest BCUT2D eigenvalue weighted by Crippen LogP contribution is 2.31. The van der Waals surface area contributed by atoms with Crippen LogP contribution in [0.15, 0.2) is 36.7 Å². The molecule has 2 rings (SSSR count). The number of hydrogen-bond acceptors (Lipinski definition) is 5. The predicted octanol–water partition coefficient (Wildman–Crippen LogP) is 3.31. The number of aromatic nitrogens is 1. The first-order valence-corrected chi connectivity index (χ1v) is 6.20. The molecule has 1 N–H and O–H groups in total. The van der Waals surface area contributed by atoms with Gasteiger partial charge in [-0.25, -0.2) is 4.39 Å². The minimum absolute atomic E-state index is 0.106. The quantitative estimate of drug-likeness (QED) is 0.675. The van der Waals surface area contributed by atoms with Gasteiger partial charge in [-0.2, -0.15) is 0 Å². The highest BCUT2D eigenvalue weighted by molar-refractivity contribution is 5.64. The lowest BCUT2D eigenvalue weighted by Crippen LogP contribution is -2.09. The minimum Gasteiger partial charge on any atom is -0.496 e. The molecule has 1 unspecified atom stereocenters. The van der Waals surface area contributed by atoms with Gasteiger partial charge in [-0.05, 0) is 30.7 Å². The van der Waals surface area contributed by atoms with Gasteiger partial charge in [0.1, 0.15) is 17.3 Å². The molecule has 6 nitrogen and oxygen atoms in total. The van der Waals surface area contributed by atoms with Crippen molar-refractivity contribution in [2.45, 2.75) is 13.0 Å². The Morgan fingerprint density at radius 1 is 1.38 bits per heavy atom. The Morgan fingerprint density at radius 3 is 2.76 bits per heavy atom. The fraction of sp³-hybridized carbons (Fsp3) is 0.214. The van der Waals surface area contributed by atoms with Crippen LogP contribution in [-0.4, -0.2) is 17.0 Å². The van der Waals surface area contributed by atoms with Crippen molar-refractivity contribution >= 4 is 11.4 Å². The van der Waals surface area contributed by atoms with Crippen LogP contribution in [0.25, 0.3) is 0 Å². The molecule has 0 fully saturated rings. The van der Waals surface area contributed by atoms with Crippen LogP contribution in [0.2, 0.25) is 0 Å². The molecule has 0 bridgehead atoms. The van der Waals surface area contributed by atoms with Gasteiger partial charge in [0, 0.05) is 6.20 Å². The van der Waals surface area contributed by atoms with E-state index in [1.165, 1.54) is 25.4 Å². The third-order valence-corrected chi connectivity index (χ3v) is 3.00. The maximum Gasteiger partial charge on any atom is 0.296 e. The van der Waals surface area contributed by atoms with Crippen LogP contribution in [0.1, 0.15) is 18.5 Å². The zero-order valence-electron chi connectivity index (χ0n) is 11.5. The fourth-order valence-corrected chi connectivity index (χ4v) is 1.89. The normalized spacial score (nSPS) is 11.8. The monoisotopic (exact) mass is 291 g/mol. The van der Waals surface area contributed by atoms with E-state index in [1.54, 1.807) is 19.1 Å². The minimum atomic E-state index is -0.499. The molecule has 0 spiro atoms. The summed E-state index contributed by atoms with van der Waals surface area (Å²) in [6, 6.07) is 5.51. The molecule has 0 aliphatic carbocycles. The summed E-state index contributed by atoms with van der Waals surface area (Å²) in [6.07, 6.45) is 2.61. The number of anilines is 1. The van der Waals surface area contributed by atoms with Crippen LogP contribution in [0.5, 0.6) is 5.75 Å². The van der Waals surface area contributed by atoms with Crippen LogP contribution < -0.4 is 10.1 Å². The second kappa shape index (κ2) is 6.17. The van der Waals surface area contributed by atoms with E-state index in [0.29, 0.717) is 17.0 Å². The summed E-state index contributed by atoms with van der Waals surface area (Å²) in [5.41, 5.74) is 0.822. The molecule has 1 aromatic heterocycles. The number of hydrogen-bond donors (Lipinski definition) is 1. The highest BCUT2D eigenvalue weighted by atomic mass is 19.1. The summed E-state index contributed by atoms with van der Waals surface area (Å²) in [6.45, 7) is 1.77. The lowest BCUT2D eigenvalue weighted by molar-refractivity contribution is -0.384. The van der Waals surface area contributed by atoms with Gasteiger partial charge in [0.05, 0.1) is 30.3 Å². The van der Waals surface area contributed by atoms with E-state index in [9.17, 15) is 14.5 Å². The van der Waals surface area contributed by atoms with E-state index < -0.39 is 10.7 Å². The number of methoxy groups -OCH3 is 1. The molecule has 0 saturated carbocycles. The molecule has 1 atom stereocenters. The smallest absolute Gasteiger partial charge is 0.296 e. The Morgan fingerprint density at radius 2 is 2.14 bits per heavy atom. The van der Waals surface area contributed by atoms with Crippen LogP contribution in [-0.2, 0) is 0 Å². The van der Waals surface area contributed by atoms with Gasteiger partial charge >= 0.3 is 0 Å². The number of nitro groups is 1. The molecule has 1 aromatic carbocycles. The number of benzene rings is 1. The first kappa shape index (κ1) is 14.7. The van der Waals surface area contributed by atoms with Crippen LogP contribution in [0.4, 0.5) is 15.8 Å². The molecule has 0 aliphatic rings. The van der Waals surface area contributed by atoms with Crippen molar-refractivity contribution in [1.82, 2.24) is 4.98 Å². The van der Waals surface area contributed by atoms with Gasteiger partial charge < -0.3 is 10.1 Å². The molecule has 0 saturated heterocycles. The van der Waals surface area contributed by atoms with Crippen LogP contribution in [0.3, 0.4) is 0 Å². The average molecular weight is 291 g/mol. The predicted molar refractivity (Wildman–Crippen MR) is 75.9 cm³/mol. The number of ether oxygens (including phenoxy) is 1. The number of nitro benzene ring substituents is 1. The molecule has 2 aromatic rings. The number of halogens is 1. The molecular formula is C14H14FN3O3. The van der Waals surface area contributed by atoms with Gasteiger partial charge in [-0.1, -0.05) is 0 Å². The van der Waals surface area contributed by atoms with Gasteiger partial charge in [-0.15, -0.1) is 0 Å². The van der Waals surface area contributed by atoms with E-state index in [2.05, 4.69) is 10.3 Å². The summed E-state index contributed by atoms with van der Waals surface area (Å²) in [5, 5.41) is 14.1. The summed E-state index contributed by atoms with van der Waals surface area (Å²) >= 11 is 0. The Bertz CT molecular complexity index is 664. The van der Waals surface area contributed by atoms with Crippen molar-refractivity contribution in [1.29, 1.82) is 0 Å². The standard InChI is InChI=1S/C14H14FN3O3/c1-9(10-5-11(15)8-16-7-10)17-13-4-3-12(21-2)6-14(13)18(19)20/h3-9,17H,1-2H3. The van der Waals surface area contributed by atoms with Crippen molar-refractivity contribution in [3.05, 3.63) is 58.2 Å². The third kappa shape index (κ3) is 3.44. The van der Waals surface area contributed by atoms with Crippen molar-refractivity contribution in [2.75, 3.05) is 12.4 Å². The van der Waals surface area contributed by atoms with Crippen molar-refractivity contribution in [3.63, 3.8) is 0 Å². The zero-order valence-corrected chi connectivity index (χ0v) is 11.5. The van der Waals surface area contributed by atoms with E-state index >= 15 is 0 Å². The topological polar surface area (TPSA) is 77.3 Å². The summed E-state index contributed by atoms with van der Waals surface area (Å²) < 4.78 is 18.1. The van der Waals surface area contributed by atoms with E-state index in [0.717, 1.165) is 6.20 Å². The molecule has 0 aliphatic heterocycles. The van der Waals surface area contributed by atoms with E-state index in [4.69, 9.17) is 4.74 Å². The van der Waals surface area contributed by atoms with Gasteiger partial charge in [0.15, 0.2) is 0 Å². The fourth-order valence-electron chi connectivity index (χ4n) is 1.89. The average Bonchev–Trinajstić information content (AvgIpc) is 2.47. The van der Waals surface area contributed by atoms with Crippen molar-refractivity contribution < 1.29 is 14.1 Å². The summed E-state index contributed by atoms with van der Waals surface area (Å²) in [5.74, 6) is -0.0577. The van der Waals surface area contributed by atoms with Crippen molar-refractivity contribution in [3.8, 4) is 5.75 Å². The third-order valence-electron chi connectivity index (χ3n) is 3.00. The molecule has 1 heterocycles. The Balaban J connectivity index is 2.28. The largest absolute Gasteiger partial charge is 0.496 e. The SMILES string of the molecule is COc1ccc(NC(C)c2cncc(F)c2)c([N+](=O)[O-])c1. The van der Waals surface area contributed by atoms with Crippen LogP contribution >= 0.6 is 0 Å². The Labute approximate surface area is 120 Å². The lowest BCUT2D eigenvalue weighted by Gasteiger charge is -2.15. The number of rotatable bonds is 5. The molecular weight excluding hydrogens is 277 g/mol. The zero-order chi connectivity index (χ0) is 15.4. The Hall–Kier alpha value is -2.70. The molecule has 7 heteroatoms. The number of nitrogens with zero attached hydrogens (tertiary/aromatic N) is 2. The number of nitrogens with one attached hydrogen (secondary N) is 1. The van der Waals surface area contributed by atoms with E-state index in [-0.39, 0.29) is 11.7 Å². The molecule has 0 radical (unpaired) electrons. The lowest BCUT2D eigenvalue weighted by atomic mass is 10.1. The second-order valence-electron chi connectivity index (χ2n) is 4.44. The van der Waals surface area contributed by atoms with E-state index in [1.807, 2.05) is 0 Å². The van der Waals surface area contributed by atoms with Gasteiger partial charge in [0.2, 0.25) is 0 Å². The van der Waals surface area contributed by atoms with Crippen LogP contribution in [0, 0.1) is 15.9 Å². The molecule has 21 heavy (non-hydrogen) atoms. The summed E-state index contributed by atoms with van der Waals surface area (Å²) in [4.78, 5) is 14.4. The number of pyridine rings is 1. The second-order valence-corrected chi connectivity index (χ2v) is 4.44. The van der Waals surface area contributed by atoms with Crippen molar-refractivity contribution in [2.24, 2.45) is 0 Å². The maximum absolute atomic E-state index is 13.2. The van der Waals surface area contributed by atoms with Gasteiger partial charge in [-0.3, -0.25) is 15.1 Å². The molecule has 110 valence electrons. The first-order valence-electron chi connectivity index (χ1n) is 6.20. The first-order chi connectivity index (χ1) is 10.0. The summed E-state index contributed by atoms with van der Waals surface area (Å²) in [7, 11) is 1.44.